The van der Waals surface area contributed by atoms with Crippen molar-refractivity contribution in [2.24, 2.45) is 0 Å². The van der Waals surface area contributed by atoms with Gasteiger partial charge in [-0.3, -0.25) is 0 Å². The molecular weight excluding hydrogens is 173 g/mol. The van der Waals surface area contributed by atoms with Crippen LogP contribution in [0.4, 0.5) is 13.2 Å². The van der Waals surface area contributed by atoms with Gasteiger partial charge in [-0.05, 0) is 6.42 Å². The Hall–Kier alpha value is -1.00. The zero-order valence-electron chi connectivity index (χ0n) is 6.52. The highest BCUT2D eigenvalue weighted by atomic mass is 19.4. The number of alkyl halides is 3. The summed E-state index contributed by atoms with van der Waals surface area (Å²) < 4.78 is 38.7. The van der Waals surface area contributed by atoms with E-state index in [0.29, 0.717) is 0 Å². The molecule has 0 aromatic heterocycles. The van der Waals surface area contributed by atoms with E-state index in [1.807, 2.05) is 0 Å². The van der Waals surface area contributed by atoms with Crippen LogP contribution in [0.2, 0.25) is 0 Å². The Bertz CT molecular complexity index is 172. The second-order valence-electron chi connectivity index (χ2n) is 2.08. The van der Waals surface area contributed by atoms with Gasteiger partial charge in [-0.1, -0.05) is 6.08 Å². The third kappa shape index (κ3) is 7.11. The lowest BCUT2D eigenvalue weighted by molar-refractivity contribution is -0.136. The van der Waals surface area contributed by atoms with E-state index in [2.05, 4.69) is 4.74 Å². The molecular formula is C7H9F3O2. The average Bonchev–Trinajstić information content (AvgIpc) is 1.96. The Kier molecular flexibility index (Phi) is 4.39. The summed E-state index contributed by atoms with van der Waals surface area (Å²) in [4.78, 5) is 10.3. The van der Waals surface area contributed by atoms with E-state index < -0.39 is 18.6 Å². The van der Waals surface area contributed by atoms with Crippen LogP contribution < -0.4 is 0 Å². The van der Waals surface area contributed by atoms with E-state index in [1.54, 1.807) is 0 Å². The average molecular weight is 182 g/mol. The number of carbonyl (C=O) groups excluding carboxylic acids is 1. The molecule has 0 saturated heterocycles. The van der Waals surface area contributed by atoms with Gasteiger partial charge in [-0.2, -0.15) is 13.2 Å². The summed E-state index contributed by atoms with van der Waals surface area (Å²) in [6, 6.07) is 0. The molecule has 0 aromatic rings. The fourth-order valence-electron chi connectivity index (χ4n) is 0.495. The van der Waals surface area contributed by atoms with Gasteiger partial charge < -0.3 is 4.74 Å². The summed E-state index contributed by atoms with van der Waals surface area (Å²) in [6.07, 6.45) is -3.16. The van der Waals surface area contributed by atoms with Gasteiger partial charge in [0.25, 0.3) is 0 Å². The fourth-order valence-corrected chi connectivity index (χ4v) is 0.495. The van der Waals surface area contributed by atoms with E-state index in [9.17, 15) is 18.0 Å². The maximum absolute atomic E-state index is 11.5. The predicted octanol–water partition coefficient (Wildman–Crippen LogP) is 2.06. The van der Waals surface area contributed by atoms with Gasteiger partial charge in [0.2, 0.25) is 0 Å². The van der Waals surface area contributed by atoms with Crippen LogP contribution in [0.25, 0.3) is 0 Å². The lowest BCUT2D eigenvalue weighted by atomic mass is 10.3. The fraction of sp³-hybridized carbons (Fsp3) is 0.571. The summed E-state index contributed by atoms with van der Waals surface area (Å²) >= 11 is 0. The van der Waals surface area contributed by atoms with Gasteiger partial charge in [-0.15, -0.1) is 0 Å². The molecule has 0 aliphatic carbocycles. The number of halogens is 3. The van der Waals surface area contributed by atoms with Crippen LogP contribution in [0.15, 0.2) is 12.2 Å². The summed E-state index contributed by atoms with van der Waals surface area (Å²) in [7, 11) is 1.16. The summed E-state index contributed by atoms with van der Waals surface area (Å²) in [5.74, 6) is -0.642. The van der Waals surface area contributed by atoms with Gasteiger partial charge in [0.1, 0.15) is 0 Å². The normalized spacial score (nSPS) is 12.0. The molecule has 0 bridgehead atoms. The van der Waals surface area contributed by atoms with Crippen molar-refractivity contribution >= 4 is 5.97 Å². The quantitative estimate of drug-likeness (QED) is 0.493. The minimum absolute atomic E-state index is 0.196. The van der Waals surface area contributed by atoms with Crippen molar-refractivity contribution in [3.05, 3.63) is 12.2 Å². The second kappa shape index (κ2) is 4.79. The van der Waals surface area contributed by atoms with Gasteiger partial charge in [0.15, 0.2) is 0 Å². The molecule has 0 radical (unpaired) electrons. The van der Waals surface area contributed by atoms with Crippen LogP contribution in [0.5, 0.6) is 0 Å². The van der Waals surface area contributed by atoms with Crippen LogP contribution >= 0.6 is 0 Å². The lowest BCUT2D eigenvalue weighted by Gasteiger charge is -2.01. The number of hydrogen-bond donors (Lipinski definition) is 0. The highest BCUT2D eigenvalue weighted by molar-refractivity contribution is 5.81. The number of esters is 1. The summed E-state index contributed by atoms with van der Waals surface area (Å²) in [6.45, 7) is 0. The summed E-state index contributed by atoms with van der Waals surface area (Å²) in [5.41, 5.74) is 0. The van der Waals surface area contributed by atoms with Gasteiger partial charge in [0.05, 0.1) is 7.11 Å². The van der Waals surface area contributed by atoms with E-state index in [4.69, 9.17) is 0 Å². The first-order valence-corrected chi connectivity index (χ1v) is 3.27. The molecule has 0 fully saturated rings. The van der Waals surface area contributed by atoms with Crippen molar-refractivity contribution in [2.45, 2.75) is 19.0 Å². The van der Waals surface area contributed by atoms with E-state index >= 15 is 0 Å². The molecule has 0 unspecified atom stereocenters. The first-order valence-electron chi connectivity index (χ1n) is 3.27. The monoisotopic (exact) mass is 182 g/mol. The number of allylic oxidation sites excluding steroid dienone is 1. The van der Waals surface area contributed by atoms with Crippen LogP contribution in [-0.2, 0) is 9.53 Å². The van der Waals surface area contributed by atoms with Crippen LogP contribution in [0.3, 0.4) is 0 Å². The minimum Gasteiger partial charge on any atom is -0.466 e. The molecule has 12 heavy (non-hydrogen) atoms. The number of ether oxygens (including phenoxy) is 1. The maximum Gasteiger partial charge on any atom is 0.389 e. The minimum atomic E-state index is -4.17. The van der Waals surface area contributed by atoms with Crippen molar-refractivity contribution < 1.29 is 22.7 Å². The van der Waals surface area contributed by atoms with Gasteiger partial charge in [-0.25, -0.2) is 4.79 Å². The molecule has 0 aromatic carbocycles. The van der Waals surface area contributed by atoms with Crippen LogP contribution in [0, 0.1) is 0 Å². The molecule has 0 saturated carbocycles. The molecule has 2 nitrogen and oxygen atoms in total. The van der Waals surface area contributed by atoms with Crippen molar-refractivity contribution in [1.29, 1.82) is 0 Å². The van der Waals surface area contributed by atoms with Crippen LogP contribution in [0.1, 0.15) is 12.8 Å². The molecule has 0 rings (SSSR count). The van der Waals surface area contributed by atoms with E-state index in [0.717, 1.165) is 19.3 Å². The zero-order chi connectivity index (χ0) is 9.61. The van der Waals surface area contributed by atoms with Gasteiger partial charge >= 0.3 is 12.1 Å². The first-order chi connectivity index (χ1) is 5.45. The Morgan fingerprint density at radius 1 is 1.50 bits per heavy atom. The van der Waals surface area contributed by atoms with E-state index in [-0.39, 0.29) is 6.42 Å². The molecule has 0 heterocycles. The molecule has 70 valence electrons. The third-order valence-corrected chi connectivity index (χ3v) is 1.05. The first kappa shape index (κ1) is 11.0. The topological polar surface area (TPSA) is 26.3 Å². The number of methoxy groups -OCH3 is 1. The number of carbonyl (C=O) groups is 1. The van der Waals surface area contributed by atoms with Crippen molar-refractivity contribution in [3.8, 4) is 0 Å². The molecule has 0 amide bonds. The molecule has 0 N–H and O–H groups in total. The highest BCUT2D eigenvalue weighted by Gasteiger charge is 2.25. The van der Waals surface area contributed by atoms with Crippen LogP contribution in [-0.4, -0.2) is 19.3 Å². The lowest BCUT2D eigenvalue weighted by Crippen LogP contribution is -2.05. The highest BCUT2D eigenvalue weighted by Crippen LogP contribution is 2.21. The Balaban J connectivity index is 3.56. The van der Waals surface area contributed by atoms with Crippen molar-refractivity contribution in [2.75, 3.05) is 7.11 Å². The maximum atomic E-state index is 11.5. The van der Waals surface area contributed by atoms with Crippen molar-refractivity contribution in [3.63, 3.8) is 0 Å². The molecule has 5 heteroatoms. The Morgan fingerprint density at radius 2 is 2.08 bits per heavy atom. The molecule has 0 atom stereocenters. The number of rotatable bonds is 3. The van der Waals surface area contributed by atoms with E-state index in [1.165, 1.54) is 0 Å². The smallest absolute Gasteiger partial charge is 0.389 e. The Morgan fingerprint density at radius 3 is 2.50 bits per heavy atom. The molecule has 0 aliphatic rings. The van der Waals surface area contributed by atoms with Gasteiger partial charge in [0, 0.05) is 12.5 Å². The zero-order valence-corrected chi connectivity index (χ0v) is 6.52. The molecule has 0 spiro atoms. The second-order valence-corrected chi connectivity index (χ2v) is 2.08. The predicted molar refractivity (Wildman–Crippen MR) is 36.4 cm³/mol. The Labute approximate surface area is 68.0 Å². The summed E-state index contributed by atoms with van der Waals surface area (Å²) in [5, 5.41) is 0. The largest absolute Gasteiger partial charge is 0.466 e. The van der Waals surface area contributed by atoms with Crippen molar-refractivity contribution in [1.82, 2.24) is 0 Å². The molecule has 0 aliphatic heterocycles. The standard InChI is InChI=1S/C7H9F3O2/c1-12-6(11)4-2-3-5-7(8,9)10/h2,4H,3,5H2,1H3. The third-order valence-electron chi connectivity index (χ3n) is 1.05. The number of hydrogen-bond acceptors (Lipinski definition) is 2. The SMILES string of the molecule is COC(=O)C=CCCC(F)(F)F.